The number of aromatic nitrogens is 1. The van der Waals surface area contributed by atoms with Crippen LogP contribution in [0.5, 0.6) is 5.75 Å². The first-order valence-electron chi connectivity index (χ1n) is 14.7. The molecule has 0 spiro atoms. The first kappa shape index (κ1) is 32.2. The zero-order valence-electron chi connectivity index (χ0n) is 25.8. The summed E-state index contributed by atoms with van der Waals surface area (Å²) in [5, 5.41) is 51.4. The number of aliphatic hydroxyl groups excluding tert-OH is 2. The Hall–Kier alpha value is -5.80. The Morgan fingerprint density at radius 2 is 1.83 bits per heavy atom. The Bertz CT molecular complexity index is 2000. The Morgan fingerprint density at radius 3 is 2.46 bits per heavy atom. The molecule has 3 aliphatic carbocycles. The van der Waals surface area contributed by atoms with Crippen molar-refractivity contribution in [2.24, 2.45) is 17.6 Å². The number of nitrogens with one attached hydrogen (secondary N) is 1. The van der Waals surface area contributed by atoms with Crippen LogP contribution < -0.4 is 11.1 Å². The van der Waals surface area contributed by atoms with E-state index in [1.54, 1.807) is 0 Å². The van der Waals surface area contributed by atoms with E-state index in [0.717, 1.165) is 0 Å². The number of Topliss-reactive ketones (excluding diaryl/α,β-unsaturated/α-hetero) is 2. The van der Waals surface area contributed by atoms with Gasteiger partial charge in [-0.2, -0.15) is 0 Å². The molecule has 1 heterocycles. The van der Waals surface area contributed by atoms with E-state index in [9.17, 15) is 44.4 Å². The third-order valence-electron chi connectivity index (χ3n) is 9.19. The Balaban J connectivity index is 1.50. The van der Waals surface area contributed by atoms with E-state index in [0.29, 0.717) is 16.7 Å². The molecule has 2 aromatic carbocycles. The zero-order chi connectivity index (χ0) is 34.8. The molecule has 48 heavy (non-hydrogen) atoms. The number of primary amides is 1. The number of ketones is 2. The molecule has 3 aromatic rings. The summed E-state index contributed by atoms with van der Waals surface area (Å²) >= 11 is 0. The molecule has 7 N–H and O–H groups in total. The van der Waals surface area contributed by atoms with E-state index < -0.39 is 75.7 Å². The summed E-state index contributed by atoms with van der Waals surface area (Å²) in [7, 11) is 4.26. The number of methoxy groups -OCH3 is 1. The number of likely N-dealkylation sites (N-methyl/N-ethyl adjacent to an activating group) is 1. The number of anilines is 1. The van der Waals surface area contributed by atoms with Gasteiger partial charge in [-0.25, -0.2) is 4.79 Å². The molecule has 248 valence electrons. The highest BCUT2D eigenvalue weighted by Crippen LogP contribution is 2.53. The number of benzene rings is 2. The summed E-state index contributed by atoms with van der Waals surface area (Å²) in [6, 6.07) is 7.35. The average molecular weight is 659 g/mol. The van der Waals surface area contributed by atoms with Crippen molar-refractivity contribution in [3.63, 3.8) is 0 Å². The second-order valence-corrected chi connectivity index (χ2v) is 12.1. The van der Waals surface area contributed by atoms with Gasteiger partial charge in [-0.15, -0.1) is 0 Å². The Labute approximate surface area is 271 Å². The third-order valence-corrected chi connectivity index (χ3v) is 9.19. The minimum atomic E-state index is -2.77. The van der Waals surface area contributed by atoms with Gasteiger partial charge in [0.2, 0.25) is 11.5 Å². The smallest absolute Gasteiger partial charge is 0.337 e. The van der Waals surface area contributed by atoms with Gasteiger partial charge >= 0.3 is 5.97 Å². The summed E-state index contributed by atoms with van der Waals surface area (Å²) in [5.41, 5.74) is 2.46. The van der Waals surface area contributed by atoms with E-state index in [4.69, 9.17) is 15.0 Å². The molecule has 4 atom stereocenters. The van der Waals surface area contributed by atoms with Crippen molar-refractivity contribution in [2.45, 2.75) is 24.5 Å². The van der Waals surface area contributed by atoms with Gasteiger partial charge in [0, 0.05) is 23.2 Å². The monoisotopic (exact) mass is 658 g/mol. The number of allylic oxidation sites excluding steroid dienone is 1. The number of rotatable bonds is 6. The summed E-state index contributed by atoms with van der Waals surface area (Å²) in [6.07, 6.45) is 1.18. The van der Waals surface area contributed by atoms with Gasteiger partial charge in [-0.3, -0.25) is 24.1 Å². The number of amides is 2. The third kappa shape index (κ3) is 4.74. The number of nitrogens with zero attached hydrogens (tertiary/aromatic N) is 2. The normalized spacial score (nSPS) is 23.4. The number of esters is 1. The molecule has 2 amide bonds. The van der Waals surface area contributed by atoms with Crippen LogP contribution in [0, 0.1) is 11.8 Å². The molecule has 15 heteroatoms. The van der Waals surface area contributed by atoms with Crippen LogP contribution in [0.1, 0.15) is 43.3 Å². The number of aliphatic hydroxyl groups is 3. The summed E-state index contributed by atoms with van der Waals surface area (Å²) in [5.74, 6) is -9.15. The molecule has 15 nitrogen and oxygen atoms in total. The number of fused-ring (bicyclic) bond motifs is 3. The van der Waals surface area contributed by atoms with E-state index in [1.807, 2.05) is 0 Å². The number of ether oxygens (including phenoxy) is 1. The van der Waals surface area contributed by atoms with Gasteiger partial charge in [0.25, 0.3) is 11.8 Å². The van der Waals surface area contributed by atoms with E-state index >= 15 is 0 Å². The average Bonchev–Trinajstić information content (AvgIpc) is 3.57. The molecule has 0 aliphatic heterocycles. The molecule has 3 aliphatic rings. The van der Waals surface area contributed by atoms with Gasteiger partial charge in [-0.1, -0.05) is 11.2 Å². The van der Waals surface area contributed by atoms with Gasteiger partial charge in [0.1, 0.15) is 22.8 Å². The van der Waals surface area contributed by atoms with Crippen LogP contribution in [0.15, 0.2) is 69.8 Å². The summed E-state index contributed by atoms with van der Waals surface area (Å²) in [6.45, 7) is 0. The van der Waals surface area contributed by atoms with Gasteiger partial charge in [0.05, 0.1) is 30.5 Å². The largest absolute Gasteiger partial charge is 0.510 e. The number of carbonyl (C=O) groups excluding carboxylic acids is 5. The van der Waals surface area contributed by atoms with E-state index in [1.165, 1.54) is 68.7 Å². The van der Waals surface area contributed by atoms with Crippen LogP contribution in [0.4, 0.5) is 5.69 Å². The Morgan fingerprint density at radius 1 is 1.10 bits per heavy atom. The maximum Gasteiger partial charge on any atom is 0.337 e. The van der Waals surface area contributed by atoms with Crippen LogP contribution in [0.2, 0.25) is 0 Å². The van der Waals surface area contributed by atoms with Crippen molar-refractivity contribution >= 4 is 35.0 Å². The number of carbonyl (C=O) groups is 5. The van der Waals surface area contributed by atoms with Crippen LogP contribution in [-0.2, 0) is 20.7 Å². The van der Waals surface area contributed by atoms with Crippen molar-refractivity contribution in [2.75, 3.05) is 26.5 Å². The maximum atomic E-state index is 14.1. The number of hydrogen-bond acceptors (Lipinski definition) is 13. The minimum absolute atomic E-state index is 0.000477. The fourth-order valence-corrected chi connectivity index (χ4v) is 7.14. The van der Waals surface area contributed by atoms with Gasteiger partial charge in [-0.05, 0) is 73.8 Å². The summed E-state index contributed by atoms with van der Waals surface area (Å²) in [4.78, 5) is 66.7. The zero-order valence-corrected chi connectivity index (χ0v) is 25.8. The molecule has 0 saturated heterocycles. The van der Waals surface area contributed by atoms with Crippen LogP contribution in [0.25, 0.3) is 11.1 Å². The highest BCUT2D eigenvalue weighted by molar-refractivity contribution is 6.25. The Kier molecular flexibility index (Phi) is 7.68. The highest BCUT2D eigenvalue weighted by atomic mass is 16.5. The molecule has 0 fully saturated rings. The van der Waals surface area contributed by atoms with Crippen LogP contribution in [-0.4, -0.2) is 92.7 Å². The van der Waals surface area contributed by atoms with Gasteiger partial charge < -0.3 is 40.7 Å². The molecule has 6 rings (SSSR count). The molecular weight excluding hydrogens is 628 g/mol. The fourth-order valence-electron chi connectivity index (χ4n) is 7.14. The van der Waals surface area contributed by atoms with Crippen LogP contribution in [0.3, 0.4) is 0 Å². The lowest BCUT2D eigenvalue weighted by atomic mass is 9.58. The number of hydrogen-bond donors (Lipinski definition) is 6. The molecular formula is C33H30N4O11. The number of aromatic hydroxyl groups is 1. The van der Waals surface area contributed by atoms with Crippen molar-refractivity contribution in [3.8, 4) is 16.9 Å². The lowest BCUT2D eigenvalue weighted by Gasteiger charge is -2.50. The van der Waals surface area contributed by atoms with Crippen molar-refractivity contribution in [1.29, 1.82) is 0 Å². The fraction of sp³-hybridized carbons (Fsp3) is 0.273. The molecule has 0 saturated carbocycles. The topological polar surface area (TPSA) is 243 Å². The van der Waals surface area contributed by atoms with Crippen molar-refractivity contribution in [1.82, 2.24) is 10.1 Å². The molecule has 0 unspecified atom stereocenters. The van der Waals surface area contributed by atoms with Crippen LogP contribution >= 0.6 is 0 Å². The number of phenolic OH excluding ortho intramolecular Hbond substituents is 1. The lowest BCUT2D eigenvalue weighted by molar-refractivity contribution is -0.148. The first-order chi connectivity index (χ1) is 22.7. The standard InChI is InChI=1S/C33H30N4O11/c1-37(2)25-19-12-14-11-18-17(13-8-15(32(45)47-3)10-16(9-13)36-31(44)21-6-7-35-48-21)4-5-20(38)23(18)26(39)22(14)28(41)33(19,46)29(42)24(27(25)40)30(34)43/h4-10,14,19,25,38,40-41,46H,11-12H2,1-3H3,(H2,34,43)(H,36,44)/t14-,19-,25-,33-/m0/s1. The quantitative estimate of drug-likeness (QED) is 0.164. The second-order valence-electron chi connectivity index (χ2n) is 12.1. The summed E-state index contributed by atoms with van der Waals surface area (Å²) < 4.78 is 9.81. The van der Waals surface area contributed by atoms with Crippen molar-refractivity contribution in [3.05, 3.63) is 87.7 Å². The van der Waals surface area contributed by atoms with Gasteiger partial charge in [0.15, 0.2) is 11.4 Å². The number of phenols is 1. The highest BCUT2D eigenvalue weighted by Gasteiger charge is 2.63. The lowest BCUT2D eigenvalue weighted by Crippen LogP contribution is -2.63. The van der Waals surface area contributed by atoms with E-state index in [-0.39, 0.29) is 41.0 Å². The first-order valence-corrected chi connectivity index (χ1v) is 14.7. The maximum absolute atomic E-state index is 14.1. The number of nitrogens with two attached hydrogens (primary N) is 1. The minimum Gasteiger partial charge on any atom is -0.510 e. The van der Waals surface area contributed by atoms with E-state index in [2.05, 4.69) is 10.5 Å². The second kappa shape index (κ2) is 11.5. The SMILES string of the molecule is COC(=O)c1cc(NC(=O)c2ccno2)cc(-c2ccc(O)c3c2C[C@H]2C[C@H]4[C@H](N(C)C)C(O)=C(C(N)=O)C(=O)[C@@]4(O)C(O)=C2C3=O)c1. The predicted octanol–water partition coefficient (Wildman–Crippen LogP) is 1.81. The molecule has 0 radical (unpaired) electrons. The molecule has 1 aromatic heterocycles. The molecule has 0 bridgehead atoms. The predicted molar refractivity (Wildman–Crippen MR) is 165 cm³/mol. The van der Waals surface area contributed by atoms with Crippen molar-refractivity contribution < 1.29 is 53.7 Å².